The first-order chi connectivity index (χ1) is 18.0. The molecule has 1 N–H and O–H groups in total. The molecule has 3 aromatic rings. The monoisotopic (exact) mass is 519 g/mol. The number of piperidine rings is 1. The van der Waals surface area contributed by atoms with E-state index in [1.807, 2.05) is 28.8 Å². The Morgan fingerprint density at radius 3 is 2.57 bits per heavy atom. The maximum absolute atomic E-state index is 13.2. The molecule has 0 unspecified atom stereocenters. The van der Waals surface area contributed by atoms with E-state index in [-0.39, 0.29) is 35.0 Å². The summed E-state index contributed by atoms with van der Waals surface area (Å²) in [5.74, 6) is 0.150. The molecule has 2 aromatic heterocycles. The van der Waals surface area contributed by atoms with Gasteiger partial charge in [-0.05, 0) is 24.0 Å². The lowest BCUT2D eigenvalue weighted by atomic mass is 9.83. The number of hydrogen-bond donors (Lipinski definition) is 1. The predicted molar refractivity (Wildman–Crippen MR) is 140 cm³/mol. The molecule has 2 saturated heterocycles. The van der Waals surface area contributed by atoms with Crippen LogP contribution in [0.1, 0.15) is 34.1 Å². The van der Waals surface area contributed by atoms with Gasteiger partial charge < -0.3 is 14.4 Å². The largest absolute Gasteiger partial charge is 0.335 e. The van der Waals surface area contributed by atoms with Crippen LogP contribution in [0.3, 0.4) is 0 Å². The fraction of sp³-hybridized carbons (Fsp3) is 0.423. The molecule has 2 atom stereocenters. The highest BCUT2D eigenvalue weighted by Crippen LogP contribution is 2.35. The molecule has 0 aliphatic carbocycles. The molecule has 5 heterocycles. The minimum atomic E-state index is -0.255. The molecule has 6 rings (SSSR count). The molecule has 37 heavy (non-hydrogen) atoms. The number of pyridine rings is 1. The number of carbonyl (C=O) groups is 2. The number of benzene rings is 1. The maximum atomic E-state index is 13.2. The highest BCUT2D eigenvalue weighted by Gasteiger charge is 2.37. The standard InChI is InChI=1S/C26H29N7O3S/c34-22-8-4-7-21-20-13-19(16-33(21)22)15-32(17-20)26(36)27-24-23(28-29-37-24)25(35)31-11-9-30(10-12-31)14-18-5-2-1-3-6-18/h1-8,19-20H,9-17H2,(H,27,36)/t19-,20+/m1/s1. The lowest BCUT2D eigenvalue weighted by molar-refractivity contribution is 0.0623. The van der Waals surface area contributed by atoms with E-state index in [2.05, 4.69) is 31.9 Å². The Hall–Kier alpha value is -3.57. The van der Waals surface area contributed by atoms with E-state index in [0.717, 1.165) is 43.3 Å². The number of rotatable bonds is 4. The van der Waals surface area contributed by atoms with Gasteiger partial charge in [0.15, 0.2) is 10.7 Å². The van der Waals surface area contributed by atoms with Crippen LogP contribution < -0.4 is 10.9 Å². The van der Waals surface area contributed by atoms with Crippen molar-refractivity contribution in [3.63, 3.8) is 0 Å². The SMILES string of the molecule is O=C(Nc1snnc1C(=O)N1CCN(Cc2ccccc2)CC1)N1C[C@H]2C[C@@H](C1)c1cccc(=O)n1C2. The second-order valence-electron chi connectivity index (χ2n) is 10.0. The van der Waals surface area contributed by atoms with E-state index < -0.39 is 0 Å². The van der Waals surface area contributed by atoms with Gasteiger partial charge in [-0.3, -0.25) is 19.8 Å². The van der Waals surface area contributed by atoms with E-state index in [1.165, 1.54) is 5.56 Å². The van der Waals surface area contributed by atoms with Crippen molar-refractivity contribution in [1.29, 1.82) is 0 Å². The van der Waals surface area contributed by atoms with Crippen LogP contribution in [0.5, 0.6) is 0 Å². The topological polar surface area (TPSA) is 104 Å². The summed E-state index contributed by atoms with van der Waals surface area (Å²) in [6.45, 7) is 5.35. The minimum absolute atomic E-state index is 0.0184. The molecule has 0 spiro atoms. The van der Waals surface area contributed by atoms with Gasteiger partial charge in [-0.2, -0.15) is 0 Å². The molecule has 3 amide bonds. The van der Waals surface area contributed by atoms with Gasteiger partial charge in [-0.15, -0.1) is 5.10 Å². The van der Waals surface area contributed by atoms with Crippen LogP contribution in [0, 0.1) is 5.92 Å². The molecule has 3 aliphatic heterocycles. The minimum Gasteiger partial charge on any atom is -0.335 e. The quantitative estimate of drug-likeness (QED) is 0.568. The van der Waals surface area contributed by atoms with Gasteiger partial charge in [-0.25, -0.2) is 4.79 Å². The zero-order chi connectivity index (χ0) is 25.4. The van der Waals surface area contributed by atoms with E-state index in [1.54, 1.807) is 21.9 Å². The summed E-state index contributed by atoms with van der Waals surface area (Å²) in [5, 5.41) is 7.35. The highest BCUT2D eigenvalue weighted by molar-refractivity contribution is 7.10. The molecule has 3 aliphatic rings. The molecule has 2 bridgehead atoms. The van der Waals surface area contributed by atoms with Crippen LogP contribution in [-0.2, 0) is 13.1 Å². The van der Waals surface area contributed by atoms with Gasteiger partial charge >= 0.3 is 6.03 Å². The number of nitrogens with one attached hydrogen (secondary N) is 1. The van der Waals surface area contributed by atoms with Crippen molar-refractivity contribution in [3.8, 4) is 0 Å². The van der Waals surface area contributed by atoms with Crippen molar-refractivity contribution in [2.24, 2.45) is 5.92 Å². The first-order valence-electron chi connectivity index (χ1n) is 12.7. The first-order valence-corrected chi connectivity index (χ1v) is 13.5. The average Bonchev–Trinajstić information content (AvgIpc) is 3.38. The predicted octanol–water partition coefficient (Wildman–Crippen LogP) is 2.31. The summed E-state index contributed by atoms with van der Waals surface area (Å²) in [4.78, 5) is 44.6. The zero-order valence-corrected chi connectivity index (χ0v) is 21.3. The Morgan fingerprint density at radius 2 is 1.76 bits per heavy atom. The summed E-state index contributed by atoms with van der Waals surface area (Å²) < 4.78 is 5.81. The molecule has 0 saturated carbocycles. The number of piperazine rings is 1. The van der Waals surface area contributed by atoms with Gasteiger partial charge in [0.05, 0.1) is 0 Å². The second-order valence-corrected chi connectivity index (χ2v) is 10.8. The fourth-order valence-corrected chi connectivity index (χ4v) is 6.30. The fourth-order valence-electron chi connectivity index (χ4n) is 5.75. The van der Waals surface area contributed by atoms with Gasteiger partial charge in [0.1, 0.15) is 0 Å². The number of carbonyl (C=O) groups excluding carboxylic acids is 2. The summed E-state index contributed by atoms with van der Waals surface area (Å²) in [7, 11) is 0. The Kier molecular flexibility index (Phi) is 6.47. The van der Waals surface area contributed by atoms with Gasteiger partial charge in [0.25, 0.3) is 11.5 Å². The van der Waals surface area contributed by atoms with E-state index >= 15 is 0 Å². The number of anilines is 1. The molecule has 192 valence electrons. The normalized spacial score (nSPS) is 21.4. The number of hydrogen-bond acceptors (Lipinski definition) is 7. The molecular formula is C26H29N7O3S. The smallest absolute Gasteiger partial charge is 0.322 e. The van der Waals surface area contributed by atoms with Crippen LogP contribution in [0.25, 0.3) is 0 Å². The van der Waals surface area contributed by atoms with E-state index in [9.17, 15) is 14.4 Å². The third-order valence-corrected chi connectivity index (χ3v) is 8.23. The van der Waals surface area contributed by atoms with Crippen LogP contribution in [-0.4, -0.2) is 80.1 Å². The zero-order valence-electron chi connectivity index (χ0n) is 20.5. The highest BCUT2D eigenvalue weighted by atomic mass is 32.1. The van der Waals surface area contributed by atoms with E-state index in [0.29, 0.717) is 37.7 Å². The van der Waals surface area contributed by atoms with Gasteiger partial charge in [0.2, 0.25) is 0 Å². The number of amides is 3. The first kappa shape index (κ1) is 23.8. The summed E-state index contributed by atoms with van der Waals surface area (Å²) in [6.07, 6.45) is 0.968. The van der Waals surface area contributed by atoms with Crippen molar-refractivity contribution in [3.05, 3.63) is 75.8 Å². The Bertz CT molecular complexity index is 1350. The molecule has 2 fully saturated rings. The van der Waals surface area contributed by atoms with Crippen LogP contribution >= 0.6 is 11.5 Å². The third kappa shape index (κ3) is 4.88. The Balaban J connectivity index is 1.08. The Labute approximate surface area is 218 Å². The van der Waals surface area contributed by atoms with Crippen molar-refractivity contribution < 1.29 is 9.59 Å². The van der Waals surface area contributed by atoms with Crippen LogP contribution in [0.2, 0.25) is 0 Å². The molecule has 0 radical (unpaired) electrons. The van der Waals surface area contributed by atoms with Crippen molar-refractivity contribution in [2.45, 2.75) is 25.4 Å². The summed E-state index contributed by atoms with van der Waals surface area (Å²) in [5.41, 5.74) is 2.46. The molecular weight excluding hydrogens is 490 g/mol. The van der Waals surface area contributed by atoms with Crippen molar-refractivity contribution >= 4 is 28.5 Å². The number of fused-ring (bicyclic) bond motifs is 4. The number of urea groups is 1. The number of likely N-dealkylation sites (tertiary alicyclic amines) is 1. The summed E-state index contributed by atoms with van der Waals surface area (Å²) >= 11 is 1.03. The van der Waals surface area contributed by atoms with Gasteiger partial charge in [-0.1, -0.05) is 40.9 Å². The third-order valence-electron chi connectivity index (χ3n) is 7.59. The van der Waals surface area contributed by atoms with Gasteiger partial charge in [0, 0.05) is 81.6 Å². The van der Waals surface area contributed by atoms with Crippen LogP contribution in [0.4, 0.5) is 9.80 Å². The average molecular weight is 520 g/mol. The Morgan fingerprint density at radius 1 is 0.946 bits per heavy atom. The van der Waals surface area contributed by atoms with Crippen molar-refractivity contribution in [2.75, 3.05) is 44.6 Å². The number of nitrogens with zero attached hydrogens (tertiary/aromatic N) is 6. The number of aromatic nitrogens is 3. The summed E-state index contributed by atoms with van der Waals surface area (Å²) in [6, 6.07) is 15.4. The van der Waals surface area contributed by atoms with Crippen LogP contribution in [0.15, 0.2) is 53.3 Å². The van der Waals surface area contributed by atoms with E-state index in [4.69, 9.17) is 0 Å². The molecule has 1 aromatic carbocycles. The molecule has 11 heteroatoms. The van der Waals surface area contributed by atoms with Crippen molar-refractivity contribution in [1.82, 2.24) is 28.9 Å². The second kappa shape index (κ2) is 10.1. The lowest BCUT2D eigenvalue weighted by Gasteiger charge is -2.42. The lowest BCUT2D eigenvalue weighted by Crippen LogP contribution is -2.50. The maximum Gasteiger partial charge on any atom is 0.322 e. The molecule has 10 nitrogen and oxygen atoms in total.